The Bertz CT molecular complexity index is 2130. The number of aliphatic carboxylic acids is 2. The molecule has 4 aromatic rings. The van der Waals surface area contributed by atoms with Crippen molar-refractivity contribution in [1.82, 2.24) is 13.6 Å². The summed E-state index contributed by atoms with van der Waals surface area (Å²) in [6.45, 7) is 6.94. The zero-order valence-electron chi connectivity index (χ0n) is 33.0. The minimum Gasteiger partial charge on any atom is -0.492 e. The van der Waals surface area contributed by atoms with Crippen molar-refractivity contribution in [2.24, 2.45) is 0 Å². The number of pyridine rings is 1. The van der Waals surface area contributed by atoms with Crippen molar-refractivity contribution in [2.45, 2.75) is 76.3 Å². The number of hydrogen-bond donors (Lipinski definition) is 2. The van der Waals surface area contributed by atoms with Gasteiger partial charge >= 0.3 is 11.9 Å². The van der Waals surface area contributed by atoms with E-state index in [-0.39, 0.29) is 43.0 Å². The van der Waals surface area contributed by atoms with E-state index in [0.717, 1.165) is 30.2 Å². The normalized spacial score (nSPS) is 11.9. The highest BCUT2D eigenvalue weighted by atomic mass is 35.5. The van der Waals surface area contributed by atoms with Gasteiger partial charge in [-0.2, -0.15) is 8.61 Å². The van der Waals surface area contributed by atoms with Crippen molar-refractivity contribution in [1.29, 1.82) is 0 Å². The molecule has 0 spiro atoms. The first-order valence-electron chi connectivity index (χ1n) is 18.4. The van der Waals surface area contributed by atoms with Crippen molar-refractivity contribution in [3.05, 3.63) is 118 Å². The van der Waals surface area contributed by atoms with Gasteiger partial charge in [0.2, 0.25) is 20.0 Å². The number of carbonyl (C=O) groups is 2. The molecule has 0 bridgehead atoms. The summed E-state index contributed by atoms with van der Waals surface area (Å²) in [5, 5.41) is 18.3. The lowest BCUT2D eigenvalue weighted by molar-refractivity contribution is -0.139. The van der Waals surface area contributed by atoms with Crippen LogP contribution in [0.5, 0.6) is 11.5 Å². The lowest BCUT2D eigenvalue weighted by atomic mass is 9.87. The predicted octanol–water partition coefficient (Wildman–Crippen LogP) is 7.90. The summed E-state index contributed by atoms with van der Waals surface area (Å²) in [5.41, 5.74) is 2.69. The van der Waals surface area contributed by atoms with E-state index in [1.807, 2.05) is 24.3 Å². The quantitative estimate of drug-likeness (QED) is 0.0777. The molecule has 316 valence electrons. The Morgan fingerprint density at radius 3 is 1.97 bits per heavy atom. The largest absolute Gasteiger partial charge is 0.492 e. The number of sulfonamides is 2. The Labute approximate surface area is 351 Å². The number of halogens is 2. The van der Waals surface area contributed by atoms with Crippen LogP contribution in [0.3, 0.4) is 0 Å². The molecule has 0 aliphatic heterocycles. The first-order chi connectivity index (χ1) is 27.2. The van der Waals surface area contributed by atoms with E-state index in [0.29, 0.717) is 46.5 Å². The molecule has 3 aromatic carbocycles. The molecule has 4 rings (SSSR count). The maximum atomic E-state index is 13.4. The molecule has 1 heterocycles. The van der Waals surface area contributed by atoms with Gasteiger partial charge < -0.3 is 19.7 Å². The molecule has 0 atom stereocenters. The van der Waals surface area contributed by atoms with Gasteiger partial charge in [-0.15, -0.1) is 0 Å². The molecule has 13 nitrogen and oxygen atoms in total. The Morgan fingerprint density at radius 2 is 1.38 bits per heavy atom. The standard InChI is InChI=1S/C25H28N2O5S.C16H23Cl2NO5S/c1-25(2,3)21-11-9-19(10-12-21)16-27(33(30,31)23-8-5-13-26-15-23)17-20-6-4-7-22(14-20)32-18-24(28)29;1-25(22,23)19(7-5-3-2-4-6-16(20)21)8-9-24-15-11-13(17)10-14(18)12-15/h4-15H,16-18H2,1-3H3,(H,28,29);10-12H,2-9H2,1H3,(H,20,21). The monoisotopic (exact) mass is 879 g/mol. The van der Waals surface area contributed by atoms with Crippen LogP contribution < -0.4 is 9.47 Å². The Morgan fingerprint density at radius 1 is 0.724 bits per heavy atom. The van der Waals surface area contributed by atoms with E-state index < -0.39 is 38.6 Å². The van der Waals surface area contributed by atoms with Crippen LogP contribution >= 0.6 is 23.2 Å². The maximum absolute atomic E-state index is 13.4. The fraction of sp³-hybridized carbons (Fsp3) is 0.390. The molecule has 0 unspecified atom stereocenters. The third kappa shape index (κ3) is 17.3. The number of carboxylic acids is 2. The van der Waals surface area contributed by atoms with Gasteiger partial charge in [0, 0.05) is 55.0 Å². The molecule has 0 aliphatic rings. The summed E-state index contributed by atoms with van der Waals surface area (Å²) in [6.07, 6.45) is 6.99. The number of unbranched alkanes of at least 4 members (excludes halogenated alkanes) is 3. The van der Waals surface area contributed by atoms with E-state index in [1.54, 1.807) is 48.5 Å². The number of ether oxygens (including phenoxy) is 2. The molecular formula is C41H51Cl2N3O10S2. The van der Waals surface area contributed by atoms with Crippen LogP contribution in [0.1, 0.15) is 69.6 Å². The van der Waals surface area contributed by atoms with E-state index >= 15 is 0 Å². The second kappa shape index (κ2) is 22.8. The zero-order chi connectivity index (χ0) is 42.9. The molecule has 0 fully saturated rings. The van der Waals surface area contributed by atoms with E-state index in [1.165, 1.54) is 27.1 Å². The minimum atomic E-state index is -3.84. The average molecular weight is 881 g/mol. The molecule has 0 aliphatic carbocycles. The fourth-order valence-corrected chi connectivity index (χ4v) is 8.26. The minimum absolute atomic E-state index is 0.00358. The van der Waals surface area contributed by atoms with Gasteiger partial charge in [-0.25, -0.2) is 21.6 Å². The summed E-state index contributed by atoms with van der Waals surface area (Å²) in [4.78, 5) is 25.3. The summed E-state index contributed by atoms with van der Waals surface area (Å²) in [5.74, 6) is -1.04. The highest BCUT2D eigenvalue weighted by Gasteiger charge is 2.26. The lowest BCUT2D eigenvalue weighted by Gasteiger charge is -2.24. The van der Waals surface area contributed by atoms with Gasteiger partial charge in [0.1, 0.15) is 23.0 Å². The third-order valence-corrected chi connectivity index (χ3v) is 12.0. The van der Waals surface area contributed by atoms with Crippen molar-refractivity contribution in [3.8, 4) is 11.5 Å². The first kappa shape index (κ1) is 48.1. The smallest absolute Gasteiger partial charge is 0.341 e. The van der Waals surface area contributed by atoms with Crippen LogP contribution in [0.2, 0.25) is 10.0 Å². The van der Waals surface area contributed by atoms with Gasteiger partial charge in [-0.1, -0.05) is 93.2 Å². The number of rotatable bonds is 21. The second-order valence-corrected chi connectivity index (χ2v) is 19.2. The molecule has 2 N–H and O–H groups in total. The molecule has 0 saturated heterocycles. The number of hydrogen-bond acceptors (Lipinski definition) is 9. The fourth-order valence-electron chi connectivity index (χ4n) is 5.51. The van der Waals surface area contributed by atoms with Crippen molar-refractivity contribution < 1.29 is 46.1 Å². The van der Waals surface area contributed by atoms with Crippen LogP contribution in [0.4, 0.5) is 0 Å². The van der Waals surface area contributed by atoms with Crippen LogP contribution in [0, 0.1) is 0 Å². The molecule has 0 saturated carbocycles. The van der Waals surface area contributed by atoms with E-state index in [9.17, 15) is 26.4 Å². The SMILES string of the molecule is CC(C)(C)c1ccc(CN(Cc2cccc(OCC(=O)O)c2)S(=O)(=O)c2cccnc2)cc1.CS(=O)(=O)N(CCCCCCC(=O)O)CCOc1cc(Cl)cc(Cl)c1. The summed E-state index contributed by atoms with van der Waals surface area (Å²) in [6, 6.07) is 22.6. The highest BCUT2D eigenvalue weighted by molar-refractivity contribution is 7.89. The number of aromatic nitrogens is 1. The lowest BCUT2D eigenvalue weighted by Crippen LogP contribution is -2.34. The Balaban J connectivity index is 0.000000324. The number of nitrogens with zero attached hydrogens (tertiary/aromatic N) is 3. The molecule has 0 amide bonds. The van der Waals surface area contributed by atoms with Crippen LogP contribution in [-0.2, 0) is 48.1 Å². The average Bonchev–Trinajstić information content (AvgIpc) is 3.14. The van der Waals surface area contributed by atoms with Gasteiger partial charge in [0.15, 0.2) is 6.61 Å². The van der Waals surface area contributed by atoms with Crippen molar-refractivity contribution in [3.63, 3.8) is 0 Å². The van der Waals surface area contributed by atoms with Crippen LogP contribution in [0.25, 0.3) is 0 Å². The van der Waals surface area contributed by atoms with Gasteiger partial charge in [0.05, 0.1) is 6.26 Å². The summed E-state index contributed by atoms with van der Waals surface area (Å²) < 4.78 is 64.1. The summed E-state index contributed by atoms with van der Waals surface area (Å²) in [7, 11) is -7.17. The maximum Gasteiger partial charge on any atom is 0.341 e. The number of carboxylic acid groups (broad SMARTS) is 2. The predicted molar refractivity (Wildman–Crippen MR) is 224 cm³/mol. The van der Waals surface area contributed by atoms with Gasteiger partial charge in [0.25, 0.3) is 0 Å². The van der Waals surface area contributed by atoms with Crippen LogP contribution in [-0.4, -0.2) is 85.1 Å². The second-order valence-electron chi connectivity index (χ2n) is 14.4. The van der Waals surface area contributed by atoms with Crippen LogP contribution in [0.15, 0.2) is 96.2 Å². The topological polar surface area (TPSA) is 181 Å². The van der Waals surface area contributed by atoms with E-state index in [4.69, 9.17) is 42.9 Å². The third-order valence-electron chi connectivity index (χ3n) is 8.53. The Hall–Kier alpha value is -4.25. The van der Waals surface area contributed by atoms with E-state index in [2.05, 4.69) is 25.8 Å². The molecule has 17 heteroatoms. The summed E-state index contributed by atoms with van der Waals surface area (Å²) >= 11 is 11.8. The zero-order valence-corrected chi connectivity index (χ0v) is 36.2. The Kier molecular flexibility index (Phi) is 18.9. The first-order valence-corrected chi connectivity index (χ1v) is 22.5. The number of benzene rings is 3. The van der Waals surface area contributed by atoms with Crippen molar-refractivity contribution >= 4 is 55.2 Å². The molecular weight excluding hydrogens is 830 g/mol. The molecule has 0 radical (unpaired) electrons. The van der Waals surface area contributed by atoms with Gasteiger partial charge in [-0.3, -0.25) is 9.78 Å². The molecule has 1 aromatic heterocycles. The molecule has 58 heavy (non-hydrogen) atoms. The van der Waals surface area contributed by atoms with Crippen molar-refractivity contribution in [2.75, 3.05) is 32.6 Å². The highest BCUT2D eigenvalue weighted by Crippen LogP contribution is 2.26. The van der Waals surface area contributed by atoms with Gasteiger partial charge in [-0.05, 0) is 77.4 Å².